The summed E-state index contributed by atoms with van der Waals surface area (Å²) in [5.41, 5.74) is 5.87. The maximum absolute atomic E-state index is 14.0. The third-order valence-electron chi connectivity index (χ3n) is 11.3. The number of hydrogen-bond donors (Lipinski definition) is 2. The van der Waals surface area contributed by atoms with E-state index in [0.29, 0.717) is 29.9 Å². The highest BCUT2D eigenvalue weighted by Gasteiger charge is 2.47. The minimum absolute atomic E-state index is 0.244. The van der Waals surface area contributed by atoms with Crippen LogP contribution >= 0.6 is 11.3 Å². The molecular weight excluding hydrogens is 565 g/mol. The standard InChI is InChI=1S/C37H50N4O2S/c1-23-19-24(2)21-26(20-23)33-30(15-18-40-16-13-27(14-17-40)38-34(42)25-7-5-6-8-25)31-22-32(44-35(31)39-33)37(3,4)36(43)41-28-9-10-29(41)12-11-28/h19-22,25,27-29,39H,5-18H2,1-4H3,(H,38,42). The molecule has 2 aromatic heterocycles. The average molecular weight is 615 g/mol. The van der Waals surface area contributed by atoms with E-state index in [1.54, 1.807) is 11.3 Å². The van der Waals surface area contributed by atoms with Gasteiger partial charge in [0.25, 0.3) is 0 Å². The minimum Gasteiger partial charge on any atom is -0.353 e. The van der Waals surface area contributed by atoms with Gasteiger partial charge in [0.2, 0.25) is 11.8 Å². The number of fused-ring (bicyclic) bond motifs is 3. The normalized spacial score (nSPS) is 23.3. The molecule has 5 heterocycles. The molecule has 3 saturated heterocycles. The van der Waals surface area contributed by atoms with Crippen molar-refractivity contribution in [2.45, 2.75) is 122 Å². The molecule has 0 atom stereocenters. The first kappa shape index (κ1) is 30.0. The first-order chi connectivity index (χ1) is 21.2. The molecule has 0 spiro atoms. The fraction of sp³-hybridized carbons (Fsp3) is 0.622. The molecule has 2 N–H and O–H groups in total. The Balaban J connectivity index is 1.10. The van der Waals surface area contributed by atoms with E-state index in [0.717, 1.165) is 51.7 Å². The number of nitrogens with one attached hydrogen (secondary N) is 2. The second-order valence-corrected chi connectivity index (χ2v) is 15.9. The van der Waals surface area contributed by atoms with Crippen molar-refractivity contribution in [1.29, 1.82) is 0 Å². The molecule has 4 aliphatic rings. The Labute approximate surface area is 267 Å². The molecule has 4 fully saturated rings. The van der Waals surface area contributed by atoms with Crippen LogP contribution in [-0.4, -0.2) is 64.4 Å². The summed E-state index contributed by atoms with van der Waals surface area (Å²) in [5.74, 6) is 0.847. The van der Waals surface area contributed by atoms with Gasteiger partial charge in [0, 0.05) is 53.9 Å². The molecule has 0 unspecified atom stereocenters. The second kappa shape index (κ2) is 11.9. The molecule has 1 aromatic carbocycles. The van der Waals surface area contributed by atoms with Crippen molar-refractivity contribution in [3.8, 4) is 11.3 Å². The highest BCUT2D eigenvalue weighted by atomic mass is 32.1. The number of aromatic amines is 1. The lowest BCUT2D eigenvalue weighted by Crippen LogP contribution is -2.46. The Bertz CT molecular complexity index is 1500. The van der Waals surface area contributed by atoms with Crippen molar-refractivity contribution >= 4 is 33.4 Å². The number of aromatic nitrogens is 1. The number of benzene rings is 1. The number of likely N-dealkylation sites (tertiary alicyclic amines) is 1. The number of H-pyrrole nitrogens is 1. The number of amides is 2. The zero-order valence-corrected chi connectivity index (χ0v) is 28.0. The second-order valence-electron chi connectivity index (χ2n) is 14.9. The maximum Gasteiger partial charge on any atom is 0.233 e. The first-order valence-electron chi connectivity index (χ1n) is 17.3. The SMILES string of the molecule is Cc1cc(C)cc(-c2[nH]c3sc(C(C)(C)C(=O)N4C5CCC4CC5)cc3c2CCN2CCC(NC(=O)C3CCCC3)CC2)c1. The lowest BCUT2D eigenvalue weighted by molar-refractivity contribution is -0.137. The van der Waals surface area contributed by atoms with Crippen molar-refractivity contribution in [1.82, 2.24) is 20.1 Å². The van der Waals surface area contributed by atoms with Gasteiger partial charge >= 0.3 is 0 Å². The lowest BCUT2D eigenvalue weighted by atomic mass is 9.88. The summed E-state index contributed by atoms with van der Waals surface area (Å²) in [4.78, 5) is 37.7. The van der Waals surface area contributed by atoms with Crippen LogP contribution in [0, 0.1) is 19.8 Å². The van der Waals surface area contributed by atoms with Crippen LogP contribution in [-0.2, 0) is 21.4 Å². The minimum atomic E-state index is -0.530. The molecule has 1 aliphatic carbocycles. The number of carbonyl (C=O) groups excluding carboxylic acids is 2. The maximum atomic E-state index is 14.0. The van der Waals surface area contributed by atoms with Crippen molar-refractivity contribution in [2.24, 2.45) is 5.92 Å². The summed E-state index contributed by atoms with van der Waals surface area (Å²) in [5, 5.41) is 4.65. The van der Waals surface area contributed by atoms with Crippen LogP contribution < -0.4 is 5.32 Å². The van der Waals surface area contributed by atoms with Crippen LogP contribution in [0.15, 0.2) is 24.3 Å². The van der Waals surface area contributed by atoms with E-state index in [4.69, 9.17) is 0 Å². The highest BCUT2D eigenvalue weighted by molar-refractivity contribution is 7.19. The Kier molecular flexibility index (Phi) is 8.15. The van der Waals surface area contributed by atoms with Gasteiger partial charge in [-0.2, -0.15) is 0 Å². The Morgan fingerprint density at radius 2 is 1.55 bits per heavy atom. The molecule has 2 amide bonds. The van der Waals surface area contributed by atoms with Crippen molar-refractivity contribution in [2.75, 3.05) is 19.6 Å². The van der Waals surface area contributed by atoms with E-state index in [2.05, 4.69) is 72.1 Å². The van der Waals surface area contributed by atoms with Crippen LogP contribution in [0.5, 0.6) is 0 Å². The number of nitrogens with zero attached hydrogens (tertiary/aromatic N) is 2. The van der Waals surface area contributed by atoms with Crippen LogP contribution in [0.3, 0.4) is 0 Å². The summed E-state index contributed by atoms with van der Waals surface area (Å²) in [6.45, 7) is 11.7. The van der Waals surface area contributed by atoms with Crippen molar-refractivity contribution < 1.29 is 9.59 Å². The Morgan fingerprint density at radius 3 is 2.18 bits per heavy atom. The zero-order valence-electron chi connectivity index (χ0n) is 27.1. The summed E-state index contributed by atoms with van der Waals surface area (Å²) in [7, 11) is 0. The van der Waals surface area contributed by atoms with E-state index < -0.39 is 5.41 Å². The van der Waals surface area contributed by atoms with E-state index in [1.165, 1.54) is 81.6 Å². The number of carbonyl (C=O) groups is 2. The molecule has 7 rings (SSSR count). The average Bonchev–Trinajstić information content (AvgIpc) is 3.83. The van der Waals surface area contributed by atoms with Gasteiger partial charge in [-0.15, -0.1) is 11.3 Å². The van der Waals surface area contributed by atoms with Gasteiger partial charge in [-0.05, 0) is 115 Å². The number of hydrogen-bond acceptors (Lipinski definition) is 4. The van der Waals surface area contributed by atoms with E-state index in [-0.39, 0.29) is 5.92 Å². The monoisotopic (exact) mass is 614 g/mol. The third-order valence-corrected chi connectivity index (χ3v) is 12.7. The molecule has 7 heteroatoms. The van der Waals surface area contributed by atoms with Gasteiger partial charge in [-0.3, -0.25) is 9.59 Å². The van der Waals surface area contributed by atoms with Crippen LogP contribution in [0.4, 0.5) is 0 Å². The number of piperidine rings is 1. The number of rotatable bonds is 8. The molecule has 2 bridgehead atoms. The van der Waals surface area contributed by atoms with Crippen LogP contribution in [0.25, 0.3) is 21.5 Å². The van der Waals surface area contributed by atoms with Gasteiger partial charge in [0.05, 0.1) is 11.1 Å². The number of thiophene rings is 1. The van der Waals surface area contributed by atoms with Gasteiger partial charge in [0.1, 0.15) is 4.83 Å². The van der Waals surface area contributed by atoms with Gasteiger partial charge in [0.15, 0.2) is 0 Å². The summed E-state index contributed by atoms with van der Waals surface area (Å²) < 4.78 is 0. The fourth-order valence-corrected chi connectivity index (χ4v) is 9.90. The topological polar surface area (TPSA) is 68.4 Å². The predicted molar refractivity (Wildman–Crippen MR) is 180 cm³/mol. The third kappa shape index (κ3) is 5.64. The van der Waals surface area contributed by atoms with E-state index >= 15 is 0 Å². The van der Waals surface area contributed by atoms with Gasteiger partial charge in [-0.1, -0.05) is 30.0 Å². The molecule has 236 valence electrons. The molecule has 3 aliphatic heterocycles. The largest absolute Gasteiger partial charge is 0.353 e. The van der Waals surface area contributed by atoms with Gasteiger partial charge < -0.3 is 20.1 Å². The van der Waals surface area contributed by atoms with E-state index in [1.807, 2.05) is 0 Å². The quantitative estimate of drug-likeness (QED) is 0.281. The van der Waals surface area contributed by atoms with Gasteiger partial charge in [-0.25, -0.2) is 0 Å². The highest BCUT2D eigenvalue weighted by Crippen LogP contribution is 2.44. The number of aryl methyl sites for hydroxylation is 2. The summed E-state index contributed by atoms with van der Waals surface area (Å²) in [6.07, 6.45) is 12.2. The first-order valence-corrected chi connectivity index (χ1v) is 18.1. The van der Waals surface area contributed by atoms with Crippen molar-refractivity contribution in [3.63, 3.8) is 0 Å². The molecule has 6 nitrogen and oxygen atoms in total. The zero-order chi connectivity index (χ0) is 30.6. The van der Waals surface area contributed by atoms with Crippen molar-refractivity contribution in [3.05, 3.63) is 45.8 Å². The molecule has 1 saturated carbocycles. The summed E-state index contributed by atoms with van der Waals surface area (Å²) in [6, 6.07) is 10.4. The summed E-state index contributed by atoms with van der Waals surface area (Å²) >= 11 is 1.77. The fourth-order valence-electron chi connectivity index (χ4n) is 8.72. The predicted octanol–water partition coefficient (Wildman–Crippen LogP) is 7.26. The Hall–Kier alpha value is -2.64. The molecular formula is C37H50N4O2S. The molecule has 0 radical (unpaired) electrons. The smallest absolute Gasteiger partial charge is 0.233 e. The molecule has 3 aromatic rings. The lowest BCUT2D eigenvalue weighted by Gasteiger charge is -2.33. The van der Waals surface area contributed by atoms with E-state index in [9.17, 15) is 9.59 Å². The Morgan fingerprint density at radius 1 is 0.909 bits per heavy atom. The molecule has 44 heavy (non-hydrogen) atoms. The van der Waals surface area contributed by atoms with Crippen LogP contribution in [0.1, 0.15) is 99.6 Å². The van der Waals surface area contributed by atoms with Crippen LogP contribution in [0.2, 0.25) is 0 Å².